The van der Waals surface area contributed by atoms with E-state index < -0.39 is 0 Å². The van der Waals surface area contributed by atoms with Gasteiger partial charge in [-0.2, -0.15) is 0 Å². The van der Waals surface area contributed by atoms with Gasteiger partial charge in [-0.25, -0.2) is 0 Å². The number of nitrogens with one attached hydrogen (secondary N) is 1. The maximum atomic E-state index is 3.96. The van der Waals surface area contributed by atoms with E-state index in [2.05, 4.69) is 29.4 Å². The Bertz CT molecular complexity index is 213. The van der Waals surface area contributed by atoms with Crippen LogP contribution in [0.2, 0.25) is 0 Å². The number of hydrogen-bond acceptors (Lipinski definition) is 5. The summed E-state index contributed by atoms with van der Waals surface area (Å²) in [5, 5.41) is 11.2. The van der Waals surface area contributed by atoms with E-state index in [4.69, 9.17) is 0 Å². The van der Waals surface area contributed by atoms with Gasteiger partial charge in [0.25, 0.3) is 0 Å². The second kappa shape index (κ2) is 6.34. The van der Waals surface area contributed by atoms with Crippen molar-refractivity contribution < 1.29 is 0 Å². The minimum Gasteiger partial charge on any atom is -0.313 e. The molecule has 1 atom stereocenters. The summed E-state index contributed by atoms with van der Waals surface area (Å²) in [6.45, 7) is 5.43. The molecule has 0 aliphatic carbocycles. The van der Waals surface area contributed by atoms with Crippen LogP contribution in [0.1, 0.15) is 20.3 Å². The molecule has 0 aliphatic heterocycles. The predicted octanol–water partition coefficient (Wildman–Crippen LogP) is 2.02. The molecule has 0 saturated carbocycles. The van der Waals surface area contributed by atoms with Crippen LogP contribution in [0.5, 0.6) is 0 Å². The zero-order valence-electron chi connectivity index (χ0n) is 7.99. The van der Waals surface area contributed by atoms with Crippen molar-refractivity contribution in [2.75, 3.05) is 12.3 Å². The summed E-state index contributed by atoms with van der Waals surface area (Å²) in [5.41, 5.74) is 1.77. The van der Waals surface area contributed by atoms with Crippen molar-refractivity contribution in [1.29, 1.82) is 0 Å². The summed E-state index contributed by atoms with van der Waals surface area (Å²) in [6, 6.07) is 0.620. The van der Waals surface area contributed by atoms with Crippen LogP contribution >= 0.6 is 23.1 Å². The molecule has 0 saturated heterocycles. The van der Waals surface area contributed by atoms with Crippen molar-refractivity contribution in [1.82, 2.24) is 15.5 Å². The highest BCUT2D eigenvalue weighted by molar-refractivity contribution is 8.01. The fraction of sp³-hybridized carbons (Fsp3) is 0.750. The van der Waals surface area contributed by atoms with Crippen LogP contribution in [-0.2, 0) is 0 Å². The first kappa shape index (κ1) is 10.9. The SMILES string of the molecule is CCC(C)NCCSc1nncs1. The second-order valence-corrected chi connectivity index (χ2v) is 4.99. The van der Waals surface area contributed by atoms with Gasteiger partial charge in [-0.3, -0.25) is 0 Å². The van der Waals surface area contributed by atoms with Crippen LogP contribution in [0.25, 0.3) is 0 Å². The van der Waals surface area contributed by atoms with Crippen LogP contribution in [-0.4, -0.2) is 28.5 Å². The lowest BCUT2D eigenvalue weighted by atomic mass is 10.3. The molecule has 0 bridgehead atoms. The molecule has 13 heavy (non-hydrogen) atoms. The zero-order valence-corrected chi connectivity index (χ0v) is 9.62. The van der Waals surface area contributed by atoms with Crippen LogP contribution in [0.15, 0.2) is 9.85 Å². The standard InChI is InChI=1S/C8H15N3S2/c1-3-7(2)9-4-5-12-8-11-10-6-13-8/h6-7,9H,3-5H2,1-2H3. The van der Waals surface area contributed by atoms with Crippen LogP contribution < -0.4 is 5.32 Å². The third-order valence-electron chi connectivity index (χ3n) is 1.77. The van der Waals surface area contributed by atoms with E-state index >= 15 is 0 Å². The van der Waals surface area contributed by atoms with Gasteiger partial charge in [-0.05, 0) is 13.3 Å². The van der Waals surface area contributed by atoms with Crippen molar-refractivity contribution in [3.8, 4) is 0 Å². The Balaban J connectivity index is 2.02. The Labute approximate surface area is 87.3 Å². The lowest BCUT2D eigenvalue weighted by Gasteiger charge is -2.09. The molecule has 1 rings (SSSR count). The fourth-order valence-electron chi connectivity index (χ4n) is 0.814. The van der Waals surface area contributed by atoms with E-state index in [1.807, 2.05) is 0 Å². The molecule has 1 aromatic rings. The molecule has 0 radical (unpaired) electrons. The average Bonchev–Trinajstić information content (AvgIpc) is 2.64. The third-order valence-corrected chi connectivity index (χ3v) is 3.63. The van der Waals surface area contributed by atoms with E-state index in [9.17, 15) is 0 Å². The summed E-state index contributed by atoms with van der Waals surface area (Å²) in [5.74, 6) is 1.07. The highest BCUT2D eigenvalue weighted by Gasteiger charge is 1.99. The number of rotatable bonds is 6. The summed E-state index contributed by atoms with van der Waals surface area (Å²) in [6.07, 6.45) is 1.18. The van der Waals surface area contributed by atoms with Gasteiger partial charge in [0.2, 0.25) is 0 Å². The topological polar surface area (TPSA) is 37.8 Å². The van der Waals surface area contributed by atoms with E-state index in [-0.39, 0.29) is 0 Å². The van der Waals surface area contributed by atoms with Gasteiger partial charge >= 0.3 is 0 Å². The number of nitrogens with zero attached hydrogens (tertiary/aromatic N) is 2. The Morgan fingerprint density at radius 3 is 3.15 bits per heavy atom. The van der Waals surface area contributed by atoms with Crippen molar-refractivity contribution >= 4 is 23.1 Å². The molecule has 0 fully saturated rings. The molecule has 0 aromatic carbocycles. The molecule has 1 N–H and O–H groups in total. The summed E-state index contributed by atoms with van der Waals surface area (Å²) in [7, 11) is 0. The van der Waals surface area contributed by atoms with E-state index in [1.165, 1.54) is 6.42 Å². The Morgan fingerprint density at radius 2 is 2.54 bits per heavy atom. The molecule has 74 valence electrons. The normalized spacial score (nSPS) is 13.1. The molecular formula is C8H15N3S2. The maximum Gasteiger partial charge on any atom is 0.174 e. The van der Waals surface area contributed by atoms with E-state index in [0.29, 0.717) is 6.04 Å². The van der Waals surface area contributed by atoms with Crippen LogP contribution in [0.3, 0.4) is 0 Å². The maximum absolute atomic E-state index is 3.96. The van der Waals surface area contributed by atoms with Gasteiger partial charge in [-0.15, -0.1) is 10.2 Å². The van der Waals surface area contributed by atoms with Crippen LogP contribution in [0, 0.1) is 0 Å². The predicted molar refractivity (Wildman–Crippen MR) is 58.4 cm³/mol. The van der Waals surface area contributed by atoms with Gasteiger partial charge < -0.3 is 5.32 Å². The molecule has 0 spiro atoms. The van der Waals surface area contributed by atoms with Crippen molar-refractivity contribution in [3.05, 3.63) is 5.51 Å². The monoisotopic (exact) mass is 217 g/mol. The smallest absolute Gasteiger partial charge is 0.174 e. The van der Waals surface area contributed by atoms with Gasteiger partial charge in [0.15, 0.2) is 4.34 Å². The van der Waals surface area contributed by atoms with E-state index in [1.54, 1.807) is 28.6 Å². The van der Waals surface area contributed by atoms with Gasteiger partial charge in [0.1, 0.15) is 5.51 Å². The number of aromatic nitrogens is 2. The summed E-state index contributed by atoms with van der Waals surface area (Å²) >= 11 is 3.36. The third kappa shape index (κ3) is 4.59. The molecule has 0 aliphatic rings. The van der Waals surface area contributed by atoms with Crippen LogP contribution in [0.4, 0.5) is 0 Å². The number of hydrogen-bond donors (Lipinski definition) is 1. The highest BCUT2D eigenvalue weighted by Crippen LogP contribution is 2.17. The summed E-state index contributed by atoms with van der Waals surface area (Å²) in [4.78, 5) is 0. The molecule has 3 nitrogen and oxygen atoms in total. The first-order valence-electron chi connectivity index (χ1n) is 4.45. The largest absolute Gasteiger partial charge is 0.313 e. The van der Waals surface area contributed by atoms with Crippen molar-refractivity contribution in [3.63, 3.8) is 0 Å². The Morgan fingerprint density at radius 1 is 1.69 bits per heavy atom. The van der Waals surface area contributed by atoms with Gasteiger partial charge in [0.05, 0.1) is 0 Å². The second-order valence-electron chi connectivity index (χ2n) is 2.82. The van der Waals surface area contributed by atoms with E-state index in [0.717, 1.165) is 16.6 Å². The Hall–Kier alpha value is -0.130. The molecule has 0 amide bonds. The quantitative estimate of drug-likeness (QED) is 0.584. The molecule has 5 heteroatoms. The molecule has 1 unspecified atom stereocenters. The highest BCUT2D eigenvalue weighted by atomic mass is 32.2. The van der Waals surface area contributed by atoms with Gasteiger partial charge in [-0.1, -0.05) is 30.0 Å². The average molecular weight is 217 g/mol. The van der Waals surface area contributed by atoms with Gasteiger partial charge in [0, 0.05) is 18.3 Å². The molecular weight excluding hydrogens is 202 g/mol. The molecule has 1 heterocycles. The first-order valence-corrected chi connectivity index (χ1v) is 6.31. The summed E-state index contributed by atoms with van der Waals surface area (Å²) < 4.78 is 1.06. The van der Waals surface area contributed by atoms with Crippen molar-refractivity contribution in [2.24, 2.45) is 0 Å². The fourth-order valence-corrected chi connectivity index (χ4v) is 2.24. The lowest BCUT2D eigenvalue weighted by Crippen LogP contribution is -2.27. The number of thioether (sulfide) groups is 1. The zero-order chi connectivity index (χ0) is 9.52. The Kier molecular flexibility index (Phi) is 5.34. The lowest BCUT2D eigenvalue weighted by molar-refractivity contribution is 0.555. The van der Waals surface area contributed by atoms with Crippen molar-refractivity contribution in [2.45, 2.75) is 30.6 Å². The molecule has 1 aromatic heterocycles. The minimum absolute atomic E-state index is 0.620. The first-order chi connectivity index (χ1) is 6.33. The minimum atomic E-state index is 0.620.